The fraction of sp³-hybridized carbons (Fsp3) is 0.259. The quantitative estimate of drug-likeness (QED) is 0.400. The van der Waals surface area contributed by atoms with Crippen molar-refractivity contribution in [3.8, 4) is 16.9 Å². The van der Waals surface area contributed by atoms with Crippen molar-refractivity contribution in [1.82, 2.24) is 4.90 Å². The average Bonchev–Trinajstić information content (AvgIpc) is 3.08. The summed E-state index contributed by atoms with van der Waals surface area (Å²) in [7, 11) is -3.95. The van der Waals surface area contributed by atoms with Gasteiger partial charge in [-0.15, -0.1) is 0 Å². The Kier molecular flexibility index (Phi) is 7.64. The van der Waals surface area contributed by atoms with Gasteiger partial charge in [0, 0.05) is 42.6 Å². The normalized spacial score (nSPS) is 14.6. The van der Waals surface area contributed by atoms with E-state index < -0.39 is 15.6 Å². The number of halogens is 2. The minimum absolute atomic E-state index is 0.0956. The van der Waals surface area contributed by atoms with Gasteiger partial charge in [0.05, 0.1) is 10.8 Å². The van der Waals surface area contributed by atoms with E-state index in [2.05, 4.69) is 16.4 Å². The van der Waals surface area contributed by atoms with Gasteiger partial charge in [-0.25, -0.2) is 8.42 Å². The largest absolute Gasteiger partial charge is 0.505 e. The Hall–Kier alpha value is -2.67. The summed E-state index contributed by atoms with van der Waals surface area (Å²) < 4.78 is 27.0. The first-order chi connectivity index (χ1) is 16.7. The number of phenols is 1. The molecule has 3 aromatic carbocycles. The molecule has 0 aliphatic carbocycles. The molecular weight excluding hydrogens is 503 g/mol. The third-order valence-corrected chi connectivity index (χ3v) is 8.42. The molecule has 35 heavy (non-hydrogen) atoms. The molecule has 0 unspecified atom stereocenters. The molecule has 1 N–H and O–H groups in total. The van der Waals surface area contributed by atoms with Gasteiger partial charge in [-0.2, -0.15) is 0 Å². The van der Waals surface area contributed by atoms with Crippen LogP contribution in [-0.4, -0.2) is 44.6 Å². The second-order valence-electron chi connectivity index (χ2n) is 8.77. The Balaban J connectivity index is 1.77. The average molecular weight is 532 g/mol. The molecule has 1 fully saturated rings. The number of phenolic OH excluding ortho intramolecular Hbond substituents is 1. The zero-order valence-electron chi connectivity index (χ0n) is 19.5. The van der Waals surface area contributed by atoms with Crippen LogP contribution in [0.15, 0.2) is 77.8 Å². The predicted molar refractivity (Wildman–Crippen MR) is 144 cm³/mol. The predicted octanol–water partition coefficient (Wildman–Crippen LogP) is 6.39. The van der Waals surface area contributed by atoms with Crippen molar-refractivity contribution in [2.45, 2.75) is 24.0 Å². The molecular formula is C27H28Cl2N2O3S. The van der Waals surface area contributed by atoms with Crippen LogP contribution in [0.2, 0.25) is 10.0 Å². The van der Waals surface area contributed by atoms with E-state index in [0.29, 0.717) is 5.56 Å². The zero-order chi connectivity index (χ0) is 25.2. The summed E-state index contributed by atoms with van der Waals surface area (Å²) in [4.78, 5) is 4.21. The van der Waals surface area contributed by atoms with E-state index in [1.165, 1.54) is 12.1 Å². The number of sulfone groups is 1. The monoisotopic (exact) mass is 530 g/mol. The van der Waals surface area contributed by atoms with Crippen molar-refractivity contribution in [3.63, 3.8) is 0 Å². The lowest BCUT2D eigenvalue weighted by Crippen LogP contribution is -2.30. The number of hydrogen-bond acceptors (Lipinski definition) is 5. The molecule has 3 aromatic rings. The smallest absolute Gasteiger partial charge is 0.186 e. The molecule has 1 aliphatic rings. The summed E-state index contributed by atoms with van der Waals surface area (Å²) in [5.41, 5.74) is 4.47. The lowest BCUT2D eigenvalue weighted by Gasteiger charge is -2.27. The number of hydrogen-bond donors (Lipinski definition) is 1. The fourth-order valence-electron chi connectivity index (χ4n) is 4.42. The Morgan fingerprint density at radius 1 is 0.971 bits per heavy atom. The van der Waals surface area contributed by atoms with Crippen molar-refractivity contribution < 1.29 is 13.5 Å². The Bertz CT molecular complexity index is 1340. The molecule has 0 atom stereocenters. The van der Waals surface area contributed by atoms with Crippen LogP contribution in [0.3, 0.4) is 0 Å². The van der Waals surface area contributed by atoms with Crippen LogP contribution in [0.25, 0.3) is 11.1 Å². The summed E-state index contributed by atoms with van der Waals surface area (Å²) in [5, 5.41) is 10.5. The summed E-state index contributed by atoms with van der Waals surface area (Å²) >= 11 is 12.1. The molecule has 8 heteroatoms. The number of anilines is 1. The van der Waals surface area contributed by atoms with Gasteiger partial charge in [0.1, 0.15) is 4.90 Å². The number of nitrogens with zero attached hydrogens (tertiary/aromatic N) is 2. The second kappa shape index (κ2) is 10.5. The van der Waals surface area contributed by atoms with Gasteiger partial charge in [-0.3, -0.25) is 0 Å². The highest BCUT2D eigenvalue weighted by molar-refractivity contribution is 7.90. The van der Waals surface area contributed by atoms with Crippen LogP contribution >= 0.6 is 23.2 Å². The summed E-state index contributed by atoms with van der Waals surface area (Å²) in [6.45, 7) is 9.35. The zero-order valence-corrected chi connectivity index (χ0v) is 21.9. The van der Waals surface area contributed by atoms with Crippen LogP contribution in [-0.2, 0) is 15.6 Å². The molecule has 0 saturated carbocycles. The van der Waals surface area contributed by atoms with Gasteiger partial charge in [0.25, 0.3) is 0 Å². The lowest BCUT2D eigenvalue weighted by molar-refractivity contribution is 0.371. The van der Waals surface area contributed by atoms with Gasteiger partial charge in [0.15, 0.2) is 15.6 Å². The van der Waals surface area contributed by atoms with E-state index in [9.17, 15) is 13.5 Å². The van der Waals surface area contributed by atoms with Gasteiger partial charge >= 0.3 is 0 Å². The van der Waals surface area contributed by atoms with Crippen LogP contribution in [0.1, 0.15) is 18.9 Å². The maximum atomic E-state index is 13.5. The third kappa shape index (κ3) is 5.77. The Labute approximate surface area is 217 Å². The molecule has 5 nitrogen and oxygen atoms in total. The van der Waals surface area contributed by atoms with E-state index >= 15 is 0 Å². The maximum Gasteiger partial charge on any atom is 0.186 e. The van der Waals surface area contributed by atoms with Crippen molar-refractivity contribution in [2.75, 3.05) is 31.1 Å². The molecule has 0 spiro atoms. The van der Waals surface area contributed by atoms with E-state index in [0.717, 1.165) is 55.1 Å². The summed E-state index contributed by atoms with van der Waals surface area (Å²) in [6.07, 6.45) is 0.935. The number of allylic oxidation sites excluding steroid dienone is 1. The van der Waals surface area contributed by atoms with Gasteiger partial charge in [-0.1, -0.05) is 66.2 Å². The fourth-order valence-corrected chi connectivity index (χ4v) is 6.54. The summed E-state index contributed by atoms with van der Waals surface area (Å²) in [5.74, 6) is -0.780. The molecule has 1 saturated heterocycles. The standard InChI is InChI=1S/C27H28Cl2N2O3S/c1-19(2)30-11-6-12-31(14-13-30)25-10-9-21(20-7-4-3-5-8-20)15-22(25)18-35(33,34)26-17-23(28)16-24(29)27(26)32/h3-5,7-10,15-17,32H,1,6,11-14,18H2,2H3. The van der Waals surface area contributed by atoms with E-state index in [4.69, 9.17) is 23.2 Å². The molecule has 0 amide bonds. The number of benzene rings is 3. The van der Waals surface area contributed by atoms with Crippen LogP contribution < -0.4 is 4.90 Å². The maximum absolute atomic E-state index is 13.5. The van der Waals surface area contributed by atoms with E-state index in [1.807, 2.05) is 55.5 Å². The highest BCUT2D eigenvalue weighted by Gasteiger charge is 2.26. The topological polar surface area (TPSA) is 60.9 Å². The molecule has 0 aromatic heterocycles. The number of rotatable bonds is 6. The first-order valence-electron chi connectivity index (χ1n) is 11.4. The molecule has 4 rings (SSSR count). The van der Waals surface area contributed by atoms with Crippen molar-refractivity contribution in [3.05, 3.63) is 88.5 Å². The third-order valence-electron chi connectivity index (χ3n) is 6.24. The molecule has 1 aliphatic heterocycles. The molecule has 184 valence electrons. The van der Waals surface area contributed by atoms with Gasteiger partial charge in [0.2, 0.25) is 0 Å². The highest BCUT2D eigenvalue weighted by atomic mass is 35.5. The Morgan fingerprint density at radius 3 is 2.43 bits per heavy atom. The van der Waals surface area contributed by atoms with E-state index in [1.54, 1.807) is 0 Å². The second-order valence-corrected chi connectivity index (χ2v) is 11.6. The lowest BCUT2D eigenvalue weighted by atomic mass is 10.0. The van der Waals surface area contributed by atoms with Gasteiger partial charge in [-0.05, 0) is 54.3 Å². The minimum Gasteiger partial charge on any atom is -0.505 e. The molecule has 0 radical (unpaired) electrons. The van der Waals surface area contributed by atoms with Crippen LogP contribution in [0.5, 0.6) is 5.75 Å². The van der Waals surface area contributed by atoms with E-state index in [-0.39, 0.29) is 20.7 Å². The minimum atomic E-state index is -3.95. The summed E-state index contributed by atoms with van der Waals surface area (Å²) in [6, 6.07) is 18.3. The van der Waals surface area contributed by atoms with Gasteiger partial charge < -0.3 is 14.9 Å². The highest BCUT2D eigenvalue weighted by Crippen LogP contribution is 2.37. The van der Waals surface area contributed by atoms with Crippen molar-refractivity contribution in [2.24, 2.45) is 0 Å². The van der Waals surface area contributed by atoms with Crippen LogP contribution in [0, 0.1) is 0 Å². The first-order valence-corrected chi connectivity index (χ1v) is 13.8. The molecule has 1 heterocycles. The van der Waals surface area contributed by atoms with Crippen LogP contribution in [0.4, 0.5) is 5.69 Å². The molecule has 0 bridgehead atoms. The Morgan fingerprint density at radius 2 is 1.71 bits per heavy atom. The first kappa shape index (κ1) is 25.4. The van der Waals surface area contributed by atoms with Crippen molar-refractivity contribution in [1.29, 1.82) is 0 Å². The number of aromatic hydroxyl groups is 1. The van der Waals surface area contributed by atoms with Crippen molar-refractivity contribution >= 4 is 38.7 Å². The SMILES string of the molecule is C=C(C)N1CCCN(c2ccc(-c3ccccc3)cc2CS(=O)(=O)c2cc(Cl)cc(Cl)c2O)CC1.